The maximum atomic E-state index is 12.6. The SMILES string of the molecule is CCN(CCc1ccncc1)C(=O)Cc1cc(C)ccc1OC. The van der Waals surface area contributed by atoms with Gasteiger partial charge in [0.15, 0.2) is 0 Å². The lowest BCUT2D eigenvalue weighted by Crippen LogP contribution is -2.34. The van der Waals surface area contributed by atoms with Gasteiger partial charge in [0.25, 0.3) is 0 Å². The fourth-order valence-corrected chi connectivity index (χ4v) is 2.59. The van der Waals surface area contributed by atoms with Crippen molar-refractivity contribution in [3.8, 4) is 5.75 Å². The number of aryl methyl sites for hydroxylation is 1. The molecule has 2 aromatic rings. The summed E-state index contributed by atoms with van der Waals surface area (Å²) >= 11 is 0. The maximum Gasteiger partial charge on any atom is 0.227 e. The van der Waals surface area contributed by atoms with Crippen LogP contribution in [-0.4, -0.2) is 36.0 Å². The fourth-order valence-electron chi connectivity index (χ4n) is 2.59. The lowest BCUT2D eigenvalue weighted by molar-refractivity contribution is -0.130. The molecule has 4 heteroatoms. The average molecular weight is 312 g/mol. The molecule has 0 atom stereocenters. The van der Waals surface area contributed by atoms with E-state index < -0.39 is 0 Å². The number of rotatable bonds is 7. The van der Waals surface area contributed by atoms with Gasteiger partial charge in [0.1, 0.15) is 5.75 Å². The topological polar surface area (TPSA) is 42.4 Å². The monoisotopic (exact) mass is 312 g/mol. The number of pyridine rings is 1. The Morgan fingerprint density at radius 3 is 2.61 bits per heavy atom. The van der Waals surface area contributed by atoms with Gasteiger partial charge in [-0.3, -0.25) is 9.78 Å². The minimum absolute atomic E-state index is 0.130. The standard InChI is InChI=1S/C19H24N2O2/c1-4-21(12-9-16-7-10-20-11-8-16)19(22)14-17-13-15(2)5-6-18(17)23-3/h5-8,10-11,13H,4,9,12,14H2,1-3H3. The number of nitrogens with zero attached hydrogens (tertiary/aromatic N) is 2. The van der Waals surface area contributed by atoms with Gasteiger partial charge in [-0.2, -0.15) is 0 Å². The van der Waals surface area contributed by atoms with Crippen LogP contribution in [0.25, 0.3) is 0 Å². The largest absolute Gasteiger partial charge is 0.496 e. The average Bonchev–Trinajstić information content (AvgIpc) is 2.56. The van der Waals surface area contributed by atoms with E-state index >= 15 is 0 Å². The number of methoxy groups -OCH3 is 1. The summed E-state index contributed by atoms with van der Waals surface area (Å²) in [6.45, 7) is 5.46. The highest BCUT2D eigenvalue weighted by Gasteiger charge is 2.15. The molecular formula is C19H24N2O2. The second-order valence-corrected chi connectivity index (χ2v) is 5.57. The maximum absolute atomic E-state index is 12.6. The molecule has 122 valence electrons. The van der Waals surface area contributed by atoms with Gasteiger partial charge < -0.3 is 9.64 Å². The lowest BCUT2D eigenvalue weighted by Gasteiger charge is -2.21. The zero-order valence-corrected chi connectivity index (χ0v) is 14.1. The first-order valence-electron chi connectivity index (χ1n) is 7.94. The van der Waals surface area contributed by atoms with Crippen LogP contribution in [0, 0.1) is 6.92 Å². The third kappa shape index (κ3) is 4.81. The Bertz CT molecular complexity index is 641. The molecular weight excluding hydrogens is 288 g/mol. The minimum atomic E-state index is 0.130. The van der Waals surface area contributed by atoms with E-state index in [1.165, 1.54) is 5.56 Å². The third-order valence-electron chi connectivity index (χ3n) is 3.93. The molecule has 0 radical (unpaired) electrons. The molecule has 0 aliphatic carbocycles. The van der Waals surface area contributed by atoms with Crippen molar-refractivity contribution in [2.24, 2.45) is 0 Å². The Labute approximate surface area is 138 Å². The van der Waals surface area contributed by atoms with Crippen LogP contribution in [0.15, 0.2) is 42.7 Å². The van der Waals surface area contributed by atoms with Gasteiger partial charge in [-0.1, -0.05) is 17.7 Å². The van der Waals surface area contributed by atoms with Crippen molar-refractivity contribution in [1.29, 1.82) is 0 Å². The molecule has 1 amide bonds. The molecule has 2 rings (SSSR count). The number of amides is 1. The van der Waals surface area contributed by atoms with Gasteiger partial charge >= 0.3 is 0 Å². The Hall–Kier alpha value is -2.36. The van der Waals surface area contributed by atoms with Gasteiger partial charge in [-0.15, -0.1) is 0 Å². The number of ether oxygens (including phenoxy) is 1. The molecule has 0 fully saturated rings. The number of hydrogen-bond acceptors (Lipinski definition) is 3. The molecule has 0 saturated carbocycles. The van der Waals surface area contributed by atoms with E-state index in [1.54, 1.807) is 19.5 Å². The summed E-state index contributed by atoms with van der Waals surface area (Å²) in [6.07, 6.45) is 4.78. The number of hydrogen-bond donors (Lipinski definition) is 0. The van der Waals surface area contributed by atoms with Crippen molar-refractivity contribution in [3.05, 3.63) is 59.4 Å². The Balaban J connectivity index is 2.01. The van der Waals surface area contributed by atoms with Crippen LogP contribution >= 0.6 is 0 Å². The molecule has 1 aromatic carbocycles. The van der Waals surface area contributed by atoms with E-state index in [2.05, 4.69) is 4.98 Å². The summed E-state index contributed by atoms with van der Waals surface area (Å²) in [5.74, 6) is 0.902. The summed E-state index contributed by atoms with van der Waals surface area (Å²) in [5.41, 5.74) is 3.27. The molecule has 0 bridgehead atoms. The predicted molar refractivity (Wildman–Crippen MR) is 91.6 cm³/mol. The first kappa shape index (κ1) is 17.0. The van der Waals surface area contributed by atoms with Crippen LogP contribution in [0.3, 0.4) is 0 Å². The Kier molecular flexibility index (Phi) is 6.15. The molecule has 0 N–H and O–H groups in total. The zero-order chi connectivity index (χ0) is 16.7. The lowest BCUT2D eigenvalue weighted by atomic mass is 10.1. The minimum Gasteiger partial charge on any atom is -0.496 e. The molecule has 0 unspecified atom stereocenters. The van der Waals surface area contributed by atoms with Crippen LogP contribution < -0.4 is 4.74 Å². The first-order valence-corrected chi connectivity index (χ1v) is 7.94. The summed E-state index contributed by atoms with van der Waals surface area (Å²) in [4.78, 5) is 18.5. The summed E-state index contributed by atoms with van der Waals surface area (Å²) in [5, 5.41) is 0. The smallest absolute Gasteiger partial charge is 0.227 e. The van der Waals surface area contributed by atoms with Crippen molar-refractivity contribution in [3.63, 3.8) is 0 Å². The Morgan fingerprint density at radius 2 is 1.96 bits per heavy atom. The number of carbonyl (C=O) groups excluding carboxylic acids is 1. The van der Waals surface area contributed by atoms with Crippen molar-refractivity contribution in [1.82, 2.24) is 9.88 Å². The van der Waals surface area contributed by atoms with Gasteiger partial charge in [-0.05, 0) is 44.0 Å². The number of aromatic nitrogens is 1. The van der Waals surface area contributed by atoms with E-state index in [0.717, 1.165) is 23.3 Å². The summed E-state index contributed by atoms with van der Waals surface area (Å²) in [6, 6.07) is 9.91. The van der Waals surface area contributed by atoms with E-state index in [0.29, 0.717) is 19.5 Å². The van der Waals surface area contributed by atoms with Crippen LogP contribution in [0.2, 0.25) is 0 Å². The molecule has 0 aliphatic heterocycles. The molecule has 1 heterocycles. The van der Waals surface area contributed by atoms with Crippen molar-refractivity contribution in [2.75, 3.05) is 20.2 Å². The normalized spacial score (nSPS) is 10.4. The van der Waals surface area contributed by atoms with Crippen molar-refractivity contribution >= 4 is 5.91 Å². The molecule has 0 saturated heterocycles. The quantitative estimate of drug-likeness (QED) is 0.789. The Morgan fingerprint density at radius 1 is 1.22 bits per heavy atom. The molecule has 0 aliphatic rings. The van der Waals surface area contributed by atoms with Gasteiger partial charge in [0.2, 0.25) is 5.91 Å². The molecule has 23 heavy (non-hydrogen) atoms. The second-order valence-electron chi connectivity index (χ2n) is 5.57. The third-order valence-corrected chi connectivity index (χ3v) is 3.93. The highest BCUT2D eigenvalue weighted by molar-refractivity contribution is 5.79. The van der Waals surface area contributed by atoms with Gasteiger partial charge in [-0.25, -0.2) is 0 Å². The second kappa shape index (κ2) is 8.32. The highest BCUT2D eigenvalue weighted by atomic mass is 16.5. The molecule has 1 aromatic heterocycles. The number of benzene rings is 1. The number of likely N-dealkylation sites (N-methyl/N-ethyl adjacent to an activating group) is 1. The van der Waals surface area contributed by atoms with E-state index in [1.807, 2.05) is 49.1 Å². The van der Waals surface area contributed by atoms with Gasteiger partial charge in [0, 0.05) is 31.0 Å². The van der Waals surface area contributed by atoms with E-state index in [9.17, 15) is 4.79 Å². The first-order chi connectivity index (χ1) is 11.1. The van der Waals surface area contributed by atoms with Crippen LogP contribution in [0.5, 0.6) is 5.75 Å². The summed E-state index contributed by atoms with van der Waals surface area (Å²) in [7, 11) is 1.64. The van der Waals surface area contributed by atoms with Crippen molar-refractivity contribution < 1.29 is 9.53 Å². The highest BCUT2D eigenvalue weighted by Crippen LogP contribution is 2.20. The zero-order valence-electron chi connectivity index (χ0n) is 14.1. The number of carbonyl (C=O) groups is 1. The van der Waals surface area contributed by atoms with E-state index in [4.69, 9.17) is 4.74 Å². The van der Waals surface area contributed by atoms with Crippen LogP contribution in [-0.2, 0) is 17.6 Å². The van der Waals surface area contributed by atoms with Crippen LogP contribution in [0.4, 0.5) is 0 Å². The molecule has 0 spiro atoms. The van der Waals surface area contributed by atoms with Gasteiger partial charge in [0.05, 0.1) is 13.5 Å². The molecule has 4 nitrogen and oxygen atoms in total. The fraction of sp³-hybridized carbons (Fsp3) is 0.368. The van der Waals surface area contributed by atoms with E-state index in [-0.39, 0.29) is 5.91 Å². The van der Waals surface area contributed by atoms with Crippen molar-refractivity contribution in [2.45, 2.75) is 26.7 Å². The summed E-state index contributed by atoms with van der Waals surface area (Å²) < 4.78 is 5.37. The van der Waals surface area contributed by atoms with Crippen LogP contribution in [0.1, 0.15) is 23.6 Å². The predicted octanol–water partition coefficient (Wildman–Crippen LogP) is 3.03.